The molecule has 0 aliphatic rings. The summed E-state index contributed by atoms with van der Waals surface area (Å²) < 4.78 is 2.07. The molecule has 0 saturated carbocycles. The van der Waals surface area contributed by atoms with E-state index in [2.05, 4.69) is 9.55 Å². The number of aliphatic hydroxyl groups excluding tert-OH is 1. The van der Waals surface area contributed by atoms with E-state index in [0.717, 1.165) is 17.8 Å². The summed E-state index contributed by atoms with van der Waals surface area (Å²) in [6.45, 7) is 2.84. The number of nitrogen functional groups attached to an aromatic ring is 1. The van der Waals surface area contributed by atoms with E-state index in [0.29, 0.717) is 12.2 Å². The van der Waals surface area contributed by atoms with Crippen molar-refractivity contribution in [2.45, 2.75) is 19.9 Å². The minimum Gasteiger partial charge on any atom is -1.00 e. The zero-order valence-electron chi connectivity index (χ0n) is 10.5. The molecule has 106 valence electrons. The summed E-state index contributed by atoms with van der Waals surface area (Å²) in [6.07, 6.45) is 2.75. The van der Waals surface area contributed by atoms with Gasteiger partial charge in [-0.2, -0.15) is 4.57 Å². The van der Waals surface area contributed by atoms with E-state index in [1.807, 2.05) is 30.8 Å². The van der Waals surface area contributed by atoms with Crippen LogP contribution in [-0.2, 0) is 13.0 Å². The summed E-state index contributed by atoms with van der Waals surface area (Å²) in [4.78, 5) is 5.41. The largest absolute Gasteiger partial charge is 1.00 e. The first-order valence-electron chi connectivity index (χ1n) is 5.48. The van der Waals surface area contributed by atoms with Crippen LogP contribution in [0.3, 0.4) is 0 Å². The zero-order chi connectivity index (χ0) is 12.3. The average Bonchev–Trinajstić information content (AvgIpc) is 2.71. The summed E-state index contributed by atoms with van der Waals surface area (Å²) in [6, 6.07) is 3.97. The highest BCUT2D eigenvalue weighted by Gasteiger charge is 2.10. The molecule has 19 heavy (non-hydrogen) atoms. The van der Waals surface area contributed by atoms with Gasteiger partial charge in [-0.1, -0.05) is 11.3 Å². The van der Waals surface area contributed by atoms with Crippen LogP contribution < -0.4 is 22.7 Å². The van der Waals surface area contributed by atoms with Crippen LogP contribution in [0.5, 0.6) is 0 Å². The van der Waals surface area contributed by atoms with Crippen molar-refractivity contribution in [3.05, 3.63) is 40.0 Å². The number of hydrogen-bond donors (Lipinski definition) is 2. The molecular formula is C12H17Cl2N3OS. The van der Waals surface area contributed by atoms with Gasteiger partial charge in [0.05, 0.1) is 10.4 Å². The van der Waals surface area contributed by atoms with Gasteiger partial charge in [-0.05, 0) is 19.1 Å². The number of nitrogens with zero attached hydrogens (tertiary/aromatic N) is 2. The number of rotatable bonds is 4. The van der Waals surface area contributed by atoms with Gasteiger partial charge in [0.25, 0.3) is 0 Å². The topological polar surface area (TPSA) is 63.0 Å². The Morgan fingerprint density at radius 3 is 2.79 bits per heavy atom. The lowest BCUT2D eigenvalue weighted by molar-refractivity contribution is -0.683. The van der Waals surface area contributed by atoms with Crippen LogP contribution in [0.4, 0.5) is 5.82 Å². The second-order valence-electron chi connectivity index (χ2n) is 3.96. The van der Waals surface area contributed by atoms with E-state index in [1.165, 1.54) is 4.88 Å². The van der Waals surface area contributed by atoms with Gasteiger partial charge < -0.3 is 23.2 Å². The monoisotopic (exact) mass is 321 g/mol. The van der Waals surface area contributed by atoms with Gasteiger partial charge in [-0.3, -0.25) is 0 Å². The predicted molar refractivity (Wildman–Crippen MR) is 75.0 cm³/mol. The standard InChI is InChI=1S/C12H16N3OS.2ClH/c1-9-2-3-10(12(13)14-9)6-15-7-11(4-5-16)17-8-15;;/h2-3,7-8,16H,4-6H2,1H3,(H2,13,14);2*1H/q+1;;/p-1. The van der Waals surface area contributed by atoms with Crippen molar-refractivity contribution in [1.29, 1.82) is 0 Å². The Balaban J connectivity index is 0.00000162. The Hall–Kier alpha value is -0.880. The number of hydrogen-bond acceptors (Lipinski definition) is 4. The van der Waals surface area contributed by atoms with Crippen molar-refractivity contribution < 1.29 is 22.1 Å². The normalized spacial score (nSPS) is 9.58. The third-order valence-electron chi connectivity index (χ3n) is 2.51. The molecule has 2 rings (SSSR count). The third-order valence-corrected chi connectivity index (χ3v) is 3.50. The van der Waals surface area contributed by atoms with Crippen LogP contribution in [0.2, 0.25) is 0 Å². The van der Waals surface area contributed by atoms with Crippen LogP contribution in [0.1, 0.15) is 16.1 Å². The summed E-state index contributed by atoms with van der Waals surface area (Å²) in [5, 5.41) is 8.86. The SMILES string of the molecule is Cc1ccc(C[n+]2csc(CCO)c2)c(N)n1.Cl.[Cl-]. The Morgan fingerprint density at radius 2 is 2.16 bits per heavy atom. The van der Waals surface area contributed by atoms with Crippen molar-refractivity contribution in [1.82, 2.24) is 4.98 Å². The average molecular weight is 322 g/mol. The fourth-order valence-corrected chi connectivity index (χ4v) is 2.45. The molecule has 0 aromatic carbocycles. The second-order valence-corrected chi connectivity index (χ2v) is 4.93. The fourth-order valence-electron chi connectivity index (χ4n) is 1.63. The number of aromatic nitrogens is 2. The molecule has 0 atom stereocenters. The highest BCUT2D eigenvalue weighted by Crippen LogP contribution is 2.10. The number of pyridine rings is 1. The highest BCUT2D eigenvalue weighted by molar-refractivity contribution is 7.09. The molecule has 0 aliphatic heterocycles. The first kappa shape index (κ1) is 18.1. The quantitative estimate of drug-likeness (QED) is 0.662. The molecule has 0 radical (unpaired) electrons. The fraction of sp³-hybridized carbons (Fsp3) is 0.333. The van der Waals surface area contributed by atoms with E-state index in [1.54, 1.807) is 11.3 Å². The lowest BCUT2D eigenvalue weighted by atomic mass is 10.2. The number of aliphatic hydroxyl groups is 1. The van der Waals surface area contributed by atoms with E-state index >= 15 is 0 Å². The van der Waals surface area contributed by atoms with Gasteiger partial charge in [0, 0.05) is 18.7 Å². The molecule has 2 heterocycles. The van der Waals surface area contributed by atoms with E-state index in [4.69, 9.17) is 10.8 Å². The lowest BCUT2D eigenvalue weighted by Crippen LogP contribution is -3.00. The van der Waals surface area contributed by atoms with Crippen LogP contribution in [0, 0.1) is 6.92 Å². The van der Waals surface area contributed by atoms with Gasteiger partial charge in [-0.25, -0.2) is 4.98 Å². The Kier molecular flexibility index (Phi) is 7.94. The molecule has 0 bridgehead atoms. The van der Waals surface area contributed by atoms with Gasteiger partial charge >= 0.3 is 0 Å². The first-order valence-corrected chi connectivity index (χ1v) is 6.36. The van der Waals surface area contributed by atoms with Crippen molar-refractivity contribution >= 4 is 29.6 Å². The van der Waals surface area contributed by atoms with Gasteiger partial charge in [0.15, 0.2) is 12.7 Å². The Bertz CT molecular complexity index is 519. The zero-order valence-corrected chi connectivity index (χ0v) is 12.9. The van der Waals surface area contributed by atoms with Crippen molar-refractivity contribution in [3.63, 3.8) is 0 Å². The van der Waals surface area contributed by atoms with Gasteiger partial charge in [0.1, 0.15) is 5.82 Å². The van der Waals surface area contributed by atoms with E-state index in [-0.39, 0.29) is 31.4 Å². The van der Waals surface area contributed by atoms with E-state index < -0.39 is 0 Å². The molecule has 0 saturated heterocycles. The number of anilines is 1. The van der Waals surface area contributed by atoms with Gasteiger partial charge in [0.2, 0.25) is 5.51 Å². The van der Waals surface area contributed by atoms with Crippen LogP contribution in [0.25, 0.3) is 0 Å². The molecule has 2 aromatic heterocycles. The summed E-state index contributed by atoms with van der Waals surface area (Å²) >= 11 is 1.64. The highest BCUT2D eigenvalue weighted by atomic mass is 35.5. The maximum absolute atomic E-state index is 8.86. The number of aryl methyl sites for hydroxylation is 1. The van der Waals surface area contributed by atoms with Crippen LogP contribution in [-0.4, -0.2) is 16.7 Å². The Labute approximate surface area is 129 Å². The van der Waals surface area contributed by atoms with Gasteiger partial charge in [-0.15, -0.1) is 12.4 Å². The molecular weight excluding hydrogens is 305 g/mol. The molecule has 0 fully saturated rings. The minimum absolute atomic E-state index is 0. The Morgan fingerprint density at radius 1 is 1.42 bits per heavy atom. The molecule has 2 aromatic rings. The van der Waals surface area contributed by atoms with Crippen molar-refractivity contribution in [2.24, 2.45) is 0 Å². The lowest BCUT2D eigenvalue weighted by Gasteiger charge is -2.01. The predicted octanol–water partition coefficient (Wildman–Crippen LogP) is -1.67. The van der Waals surface area contributed by atoms with Crippen LogP contribution in [0.15, 0.2) is 23.8 Å². The number of nitrogens with two attached hydrogens (primary N) is 1. The number of thiazole rings is 1. The molecule has 4 nitrogen and oxygen atoms in total. The molecule has 0 amide bonds. The molecule has 7 heteroatoms. The summed E-state index contributed by atoms with van der Waals surface area (Å²) in [5.41, 5.74) is 9.86. The molecule has 0 unspecified atom stereocenters. The summed E-state index contributed by atoms with van der Waals surface area (Å²) in [5.74, 6) is 0.590. The molecule has 3 N–H and O–H groups in total. The maximum Gasteiger partial charge on any atom is 0.225 e. The molecule has 0 aliphatic carbocycles. The summed E-state index contributed by atoms with van der Waals surface area (Å²) in [7, 11) is 0. The van der Waals surface area contributed by atoms with E-state index in [9.17, 15) is 0 Å². The maximum atomic E-state index is 8.86. The van der Waals surface area contributed by atoms with Crippen LogP contribution >= 0.6 is 23.7 Å². The molecule has 0 spiro atoms. The number of halogens is 2. The third kappa shape index (κ3) is 4.95. The first-order chi connectivity index (χ1) is 8.19. The van der Waals surface area contributed by atoms with Crippen molar-refractivity contribution in [2.75, 3.05) is 12.3 Å². The van der Waals surface area contributed by atoms with Crippen molar-refractivity contribution in [3.8, 4) is 0 Å². The second kappa shape index (κ2) is 8.32. The smallest absolute Gasteiger partial charge is 0.225 e. The minimum atomic E-state index is 0.